The predicted molar refractivity (Wildman–Crippen MR) is 207 cm³/mol. The van der Waals surface area contributed by atoms with Gasteiger partial charge in [0.25, 0.3) is 0 Å². The van der Waals surface area contributed by atoms with E-state index in [9.17, 15) is 9.59 Å². The lowest BCUT2D eigenvalue weighted by Gasteiger charge is -2.34. The number of carbonyl (C=O) groups is 2. The highest BCUT2D eigenvalue weighted by molar-refractivity contribution is 5.95. The van der Waals surface area contributed by atoms with E-state index < -0.39 is 5.41 Å². The van der Waals surface area contributed by atoms with Crippen LogP contribution in [0.15, 0.2) is 109 Å². The summed E-state index contributed by atoms with van der Waals surface area (Å²) < 4.78 is 43.1. The second-order valence-corrected chi connectivity index (χ2v) is 13.6. The van der Waals surface area contributed by atoms with Crippen LogP contribution < -0.4 is 9.47 Å². The van der Waals surface area contributed by atoms with Crippen molar-refractivity contribution in [2.75, 3.05) is 53.9 Å². The van der Waals surface area contributed by atoms with Gasteiger partial charge in [0.15, 0.2) is 6.10 Å². The Morgan fingerprint density at radius 2 is 1.18 bits per heavy atom. The Morgan fingerprint density at radius 3 is 1.78 bits per heavy atom. The monoisotopic (exact) mass is 746 g/mol. The number of benzene rings is 5. The average molecular weight is 747 g/mol. The average Bonchev–Trinajstić information content (AvgIpc) is 3.88. The molecular weight excluding hydrogens is 700 g/mol. The van der Waals surface area contributed by atoms with E-state index in [0.717, 1.165) is 22.6 Å². The highest BCUT2D eigenvalue weighted by atomic mass is 16.7. The molecule has 2 fully saturated rings. The Labute approximate surface area is 321 Å². The molecule has 10 nitrogen and oxygen atoms in total. The van der Waals surface area contributed by atoms with Crippen LogP contribution in [0.1, 0.15) is 36.1 Å². The Balaban J connectivity index is 0.000000278. The van der Waals surface area contributed by atoms with Crippen molar-refractivity contribution in [1.29, 1.82) is 0 Å². The minimum absolute atomic E-state index is 0.0411. The summed E-state index contributed by atoms with van der Waals surface area (Å²) in [5, 5.41) is 2.42. The predicted octanol–water partition coefficient (Wildman–Crippen LogP) is 6.90. The molecule has 0 amide bonds. The smallest absolute Gasteiger partial charge is 0.303 e. The highest BCUT2D eigenvalue weighted by Gasteiger charge is 2.49. The third-order valence-corrected chi connectivity index (χ3v) is 10.3. The van der Waals surface area contributed by atoms with Gasteiger partial charge >= 0.3 is 11.9 Å². The maximum absolute atomic E-state index is 11.1. The van der Waals surface area contributed by atoms with Crippen molar-refractivity contribution in [3.63, 3.8) is 0 Å². The van der Waals surface area contributed by atoms with Crippen LogP contribution in [0.5, 0.6) is 11.5 Å². The van der Waals surface area contributed by atoms with Gasteiger partial charge in [0.1, 0.15) is 49.6 Å². The maximum Gasteiger partial charge on any atom is 0.303 e. The molecule has 286 valence electrons. The second-order valence-electron chi connectivity index (χ2n) is 13.6. The molecule has 0 spiro atoms. The van der Waals surface area contributed by atoms with Gasteiger partial charge in [0, 0.05) is 28.1 Å². The largest absolute Gasteiger partial charge is 0.491 e. The van der Waals surface area contributed by atoms with Crippen molar-refractivity contribution in [3.05, 3.63) is 131 Å². The molecule has 5 aromatic rings. The fourth-order valence-electron chi connectivity index (χ4n) is 7.89. The first-order valence-corrected chi connectivity index (χ1v) is 18.5. The molecule has 10 heteroatoms. The normalized spacial score (nSPS) is 21.8. The third-order valence-electron chi connectivity index (χ3n) is 10.3. The molecule has 2 aliphatic heterocycles. The Bertz CT molecular complexity index is 2100. The topological polar surface area (TPSA) is 108 Å². The van der Waals surface area contributed by atoms with Crippen LogP contribution in [0.2, 0.25) is 0 Å². The maximum atomic E-state index is 11.1. The summed E-state index contributed by atoms with van der Waals surface area (Å²) in [6.45, 7) is 5.23. The molecule has 1 aliphatic carbocycles. The van der Waals surface area contributed by atoms with E-state index in [1.54, 1.807) is 14.2 Å². The molecule has 5 atom stereocenters. The lowest BCUT2D eigenvalue weighted by atomic mass is 9.67. The summed E-state index contributed by atoms with van der Waals surface area (Å²) in [6.07, 6.45) is -0.577. The van der Waals surface area contributed by atoms with Crippen LogP contribution in [0.3, 0.4) is 0 Å². The van der Waals surface area contributed by atoms with Crippen LogP contribution in [-0.4, -0.2) is 90.2 Å². The van der Waals surface area contributed by atoms with Crippen LogP contribution in [0, 0.1) is 0 Å². The van der Waals surface area contributed by atoms with E-state index in [4.69, 9.17) is 37.9 Å². The second kappa shape index (κ2) is 17.0. The minimum atomic E-state index is -0.544. The van der Waals surface area contributed by atoms with Crippen molar-refractivity contribution in [2.45, 2.75) is 43.7 Å². The van der Waals surface area contributed by atoms with Crippen LogP contribution in [0.25, 0.3) is 21.9 Å². The highest BCUT2D eigenvalue weighted by Crippen LogP contribution is 2.57. The van der Waals surface area contributed by atoms with Gasteiger partial charge in [0.2, 0.25) is 0 Å². The zero-order valence-electron chi connectivity index (χ0n) is 31.5. The van der Waals surface area contributed by atoms with Gasteiger partial charge in [-0.1, -0.05) is 72.8 Å². The summed E-state index contributed by atoms with van der Waals surface area (Å²) in [5.41, 5.74) is 6.70. The molecule has 2 saturated heterocycles. The molecule has 0 saturated carbocycles. The first-order chi connectivity index (χ1) is 26.8. The summed E-state index contributed by atoms with van der Waals surface area (Å²) in [4.78, 5) is 21.9. The molecule has 3 aliphatic rings. The number of carbonyl (C=O) groups excluding carboxylic acids is 2. The van der Waals surface area contributed by atoms with Gasteiger partial charge in [-0.2, -0.15) is 0 Å². The summed E-state index contributed by atoms with van der Waals surface area (Å²) >= 11 is 0. The van der Waals surface area contributed by atoms with Crippen LogP contribution in [-0.2, 0) is 43.4 Å². The molecule has 0 bridgehead atoms. The van der Waals surface area contributed by atoms with Crippen molar-refractivity contribution in [3.8, 4) is 22.6 Å². The Morgan fingerprint density at radius 1 is 0.618 bits per heavy atom. The van der Waals surface area contributed by atoms with Gasteiger partial charge in [0.05, 0.1) is 25.2 Å². The summed E-state index contributed by atoms with van der Waals surface area (Å²) in [7, 11) is 3.30. The Kier molecular flexibility index (Phi) is 11.8. The number of fused-ring (bicyclic) bond motifs is 5. The minimum Gasteiger partial charge on any atom is -0.491 e. The van der Waals surface area contributed by atoms with Gasteiger partial charge in [-0.15, -0.1) is 0 Å². The van der Waals surface area contributed by atoms with Gasteiger partial charge in [-0.05, 0) is 80.6 Å². The molecule has 55 heavy (non-hydrogen) atoms. The molecule has 0 N–H and O–H groups in total. The molecule has 8 rings (SSSR count). The summed E-state index contributed by atoms with van der Waals surface area (Å²) in [5.74, 6) is 0.918. The van der Waals surface area contributed by atoms with E-state index in [2.05, 4.69) is 84.9 Å². The zero-order valence-corrected chi connectivity index (χ0v) is 31.5. The number of hydrogen-bond acceptors (Lipinski definition) is 10. The quantitative estimate of drug-likeness (QED) is 0.0970. The first kappa shape index (κ1) is 38.0. The van der Waals surface area contributed by atoms with E-state index >= 15 is 0 Å². The van der Waals surface area contributed by atoms with E-state index in [1.807, 2.05) is 24.3 Å². The zero-order chi connectivity index (χ0) is 38.4. The fraction of sp³-hybridized carbons (Fsp3) is 0.333. The lowest BCUT2D eigenvalue weighted by molar-refractivity contribution is -0.151. The lowest BCUT2D eigenvalue weighted by Crippen LogP contribution is -2.34. The number of ether oxygens (including phenoxy) is 8. The van der Waals surface area contributed by atoms with Crippen molar-refractivity contribution in [1.82, 2.24) is 0 Å². The van der Waals surface area contributed by atoms with Crippen LogP contribution in [0.4, 0.5) is 0 Å². The Hall–Kier alpha value is -5.26. The van der Waals surface area contributed by atoms with Crippen molar-refractivity contribution in [2.24, 2.45) is 0 Å². The van der Waals surface area contributed by atoms with E-state index in [-0.39, 0.29) is 43.0 Å². The van der Waals surface area contributed by atoms with E-state index in [0.29, 0.717) is 33.0 Å². The standard InChI is InChI=1S/C36H32O5.C9H14O5/c1-25(37)39-21-22-41-31-17-13-29(14-18-31)36(28-11-15-30(16-12-28)40-20-19-38-2)34-10-6-5-9-32(34)33-23-26-7-3-4-8-27(26)24-35(33)36;1-5(10)14-7-4-13-8-6(11-2)3-12-9(7)8/h3-18,23-24H,19-22H2,1-2H3;6-9H,3-4H2,1-2H3. The molecular formula is C45H46O10. The number of rotatable bonds is 12. The van der Waals surface area contributed by atoms with Crippen molar-refractivity contribution >= 4 is 22.7 Å². The van der Waals surface area contributed by atoms with E-state index in [1.165, 1.54) is 46.9 Å². The molecule has 0 aromatic heterocycles. The van der Waals surface area contributed by atoms with Crippen molar-refractivity contribution < 1.29 is 47.5 Å². The third kappa shape index (κ3) is 7.81. The molecule has 0 radical (unpaired) electrons. The first-order valence-electron chi connectivity index (χ1n) is 18.5. The SMILES string of the molecule is COC1COC2C(OC(C)=O)COC12.COCCOc1ccc(C2(c3ccc(OCCOC(C)=O)cc3)c3ccccc3-c3cc4ccccc4cc32)cc1. The molecule has 5 aromatic carbocycles. The van der Waals surface area contributed by atoms with Gasteiger partial charge in [-0.25, -0.2) is 0 Å². The number of hydrogen-bond donors (Lipinski definition) is 0. The van der Waals surface area contributed by atoms with Gasteiger partial charge in [-0.3, -0.25) is 9.59 Å². The number of esters is 2. The molecule has 5 unspecified atom stereocenters. The van der Waals surface area contributed by atoms with Gasteiger partial charge < -0.3 is 37.9 Å². The molecule has 2 heterocycles. The summed E-state index contributed by atoms with van der Waals surface area (Å²) in [6, 6.07) is 38.6. The fourth-order valence-corrected chi connectivity index (χ4v) is 7.89. The number of methoxy groups -OCH3 is 2. The van der Waals surface area contributed by atoms with Crippen LogP contribution >= 0.6 is 0 Å².